The van der Waals surface area contributed by atoms with Crippen molar-refractivity contribution >= 4 is 23.2 Å². The van der Waals surface area contributed by atoms with Gasteiger partial charge in [0.25, 0.3) is 5.91 Å². The van der Waals surface area contributed by atoms with Crippen LogP contribution in [0.2, 0.25) is 0 Å². The molecule has 0 spiro atoms. The van der Waals surface area contributed by atoms with Gasteiger partial charge in [-0.3, -0.25) is 4.79 Å². The number of amides is 1. The molecule has 21 heavy (non-hydrogen) atoms. The van der Waals surface area contributed by atoms with Gasteiger partial charge in [0.2, 0.25) is 0 Å². The van der Waals surface area contributed by atoms with Crippen molar-refractivity contribution in [3.63, 3.8) is 0 Å². The Hall–Kier alpha value is -1.84. The maximum absolute atomic E-state index is 12.7. The lowest BCUT2D eigenvalue weighted by molar-refractivity contribution is -0.147. The summed E-state index contributed by atoms with van der Waals surface area (Å²) in [7, 11) is 1.35. The minimum Gasteiger partial charge on any atom is -0.467 e. The van der Waals surface area contributed by atoms with Gasteiger partial charge in [-0.2, -0.15) is 0 Å². The Balaban J connectivity index is 2.25. The van der Waals surface area contributed by atoms with Crippen LogP contribution in [0.25, 0.3) is 0 Å². The predicted molar refractivity (Wildman–Crippen MR) is 80.9 cm³/mol. The van der Waals surface area contributed by atoms with Gasteiger partial charge < -0.3 is 15.4 Å². The molecule has 1 aromatic rings. The van der Waals surface area contributed by atoms with Gasteiger partial charge in [-0.25, -0.2) is 4.79 Å². The molecule has 0 radical (unpaired) electrons. The van der Waals surface area contributed by atoms with Gasteiger partial charge in [0, 0.05) is 12.1 Å². The fourth-order valence-corrected chi connectivity index (χ4v) is 3.21. The Morgan fingerprint density at radius 1 is 1.52 bits per heavy atom. The monoisotopic (exact) mass is 306 g/mol. The first-order valence-corrected chi connectivity index (χ1v) is 7.72. The summed E-state index contributed by atoms with van der Waals surface area (Å²) in [4.78, 5) is 26.7. The number of methoxy groups -OCH3 is 1. The molecule has 0 bridgehead atoms. The van der Waals surface area contributed by atoms with Crippen LogP contribution in [-0.2, 0) is 9.53 Å². The molecule has 0 aliphatic carbocycles. The van der Waals surface area contributed by atoms with Gasteiger partial charge in [0.1, 0.15) is 10.9 Å². The Kier molecular flexibility index (Phi) is 5.37. The summed E-state index contributed by atoms with van der Waals surface area (Å²) in [5, 5.41) is 1.82. The average Bonchev–Trinajstić information content (AvgIpc) is 2.99. The maximum atomic E-state index is 12.7. The van der Waals surface area contributed by atoms with Gasteiger partial charge in [-0.05, 0) is 30.7 Å². The molecule has 0 saturated carbocycles. The van der Waals surface area contributed by atoms with Crippen molar-refractivity contribution in [2.24, 2.45) is 5.73 Å². The molecule has 1 fully saturated rings. The molecular weight excluding hydrogens is 288 g/mol. The molecule has 2 rings (SSSR count). The van der Waals surface area contributed by atoms with E-state index in [0.29, 0.717) is 23.4 Å². The van der Waals surface area contributed by atoms with E-state index in [0.717, 1.165) is 12.8 Å². The van der Waals surface area contributed by atoms with Crippen molar-refractivity contribution < 1.29 is 14.3 Å². The van der Waals surface area contributed by atoms with E-state index in [2.05, 4.69) is 11.8 Å². The fraction of sp³-hybridized carbons (Fsp3) is 0.467. The molecule has 1 atom stereocenters. The number of nitrogens with zero attached hydrogens (tertiary/aromatic N) is 1. The number of ether oxygens (including phenoxy) is 1. The molecule has 1 amide bonds. The second kappa shape index (κ2) is 7.25. The fourth-order valence-electron chi connectivity index (χ4n) is 2.41. The lowest BCUT2D eigenvalue weighted by Gasteiger charge is -2.33. The lowest BCUT2D eigenvalue weighted by atomic mass is 10.0. The molecule has 6 heteroatoms. The first kappa shape index (κ1) is 15.5. The number of carbonyl (C=O) groups is 2. The van der Waals surface area contributed by atoms with E-state index in [1.54, 1.807) is 11.0 Å². The smallest absolute Gasteiger partial charge is 0.328 e. The van der Waals surface area contributed by atoms with Crippen molar-refractivity contribution in [2.75, 3.05) is 20.2 Å². The Morgan fingerprint density at radius 2 is 2.33 bits per heavy atom. The van der Waals surface area contributed by atoms with Crippen LogP contribution in [-0.4, -0.2) is 43.0 Å². The van der Waals surface area contributed by atoms with Gasteiger partial charge in [0.05, 0.1) is 13.7 Å². The molecule has 0 aromatic carbocycles. The summed E-state index contributed by atoms with van der Waals surface area (Å²) in [5.41, 5.74) is 6.04. The van der Waals surface area contributed by atoms with Gasteiger partial charge in [-0.15, -0.1) is 11.3 Å². The highest BCUT2D eigenvalue weighted by molar-refractivity contribution is 7.12. The number of piperidine rings is 1. The molecular formula is C15H18N2O3S. The number of hydrogen-bond donors (Lipinski definition) is 1. The zero-order valence-corrected chi connectivity index (χ0v) is 12.7. The van der Waals surface area contributed by atoms with Crippen LogP contribution in [0.15, 0.2) is 11.4 Å². The summed E-state index contributed by atoms with van der Waals surface area (Å²) >= 11 is 1.34. The molecule has 5 nitrogen and oxygen atoms in total. The highest BCUT2D eigenvalue weighted by atomic mass is 32.1. The van der Waals surface area contributed by atoms with Crippen LogP contribution >= 0.6 is 11.3 Å². The number of esters is 1. The van der Waals surface area contributed by atoms with E-state index in [1.807, 2.05) is 5.38 Å². The summed E-state index contributed by atoms with van der Waals surface area (Å²) < 4.78 is 4.81. The van der Waals surface area contributed by atoms with Gasteiger partial charge in [-0.1, -0.05) is 11.8 Å². The summed E-state index contributed by atoms with van der Waals surface area (Å²) in [6.45, 7) is 0.818. The molecule has 1 saturated heterocycles. The molecule has 1 aliphatic heterocycles. The number of likely N-dealkylation sites (tertiary alicyclic amines) is 1. The summed E-state index contributed by atoms with van der Waals surface area (Å²) in [6.07, 6.45) is 2.47. The minimum atomic E-state index is -0.492. The van der Waals surface area contributed by atoms with E-state index >= 15 is 0 Å². The third-order valence-electron chi connectivity index (χ3n) is 3.42. The second-order valence-electron chi connectivity index (χ2n) is 4.70. The van der Waals surface area contributed by atoms with Crippen molar-refractivity contribution in [3.8, 4) is 11.8 Å². The Labute approximate surface area is 128 Å². The highest BCUT2D eigenvalue weighted by Gasteiger charge is 2.34. The van der Waals surface area contributed by atoms with Crippen LogP contribution in [0.5, 0.6) is 0 Å². The number of carbonyl (C=O) groups excluding carboxylic acids is 2. The van der Waals surface area contributed by atoms with Gasteiger partial charge >= 0.3 is 5.97 Å². The highest BCUT2D eigenvalue weighted by Crippen LogP contribution is 2.24. The normalized spacial score (nSPS) is 17.8. The van der Waals surface area contributed by atoms with E-state index in [1.165, 1.54) is 18.4 Å². The van der Waals surface area contributed by atoms with Crippen molar-refractivity contribution in [1.29, 1.82) is 0 Å². The molecule has 1 aliphatic rings. The quantitative estimate of drug-likeness (QED) is 0.659. The molecule has 1 unspecified atom stereocenters. The Morgan fingerprint density at radius 3 is 3.05 bits per heavy atom. The number of thiophene rings is 1. The number of nitrogens with two attached hydrogens (primary N) is 1. The zero-order chi connectivity index (χ0) is 15.2. The largest absolute Gasteiger partial charge is 0.467 e. The third-order valence-corrected chi connectivity index (χ3v) is 4.32. The van der Waals surface area contributed by atoms with Crippen LogP contribution < -0.4 is 5.73 Å². The van der Waals surface area contributed by atoms with E-state index in [-0.39, 0.29) is 18.4 Å². The van der Waals surface area contributed by atoms with E-state index in [4.69, 9.17) is 10.5 Å². The first-order valence-electron chi connectivity index (χ1n) is 6.84. The minimum absolute atomic E-state index is 0.151. The predicted octanol–water partition coefficient (Wildman–Crippen LogP) is 1.23. The number of rotatable bonds is 2. The second-order valence-corrected chi connectivity index (χ2v) is 5.62. The average molecular weight is 306 g/mol. The molecule has 2 N–H and O–H groups in total. The van der Waals surface area contributed by atoms with Crippen LogP contribution in [0.1, 0.15) is 34.5 Å². The van der Waals surface area contributed by atoms with Crippen molar-refractivity contribution in [1.82, 2.24) is 4.90 Å². The van der Waals surface area contributed by atoms with Crippen LogP contribution in [0.4, 0.5) is 0 Å². The Bertz CT molecular complexity index is 585. The molecule has 2 heterocycles. The van der Waals surface area contributed by atoms with Crippen LogP contribution in [0.3, 0.4) is 0 Å². The third kappa shape index (κ3) is 3.43. The lowest BCUT2D eigenvalue weighted by Crippen LogP contribution is -2.48. The standard InChI is InChI=1S/C15H18N2O3S/c1-20-15(19)12-6-2-3-9-17(12)14(18)13-11(5-4-8-16)7-10-21-13/h7,10,12H,2-3,6,8-9,16H2,1H3. The van der Waals surface area contributed by atoms with Crippen molar-refractivity contribution in [2.45, 2.75) is 25.3 Å². The maximum Gasteiger partial charge on any atom is 0.328 e. The van der Waals surface area contributed by atoms with Gasteiger partial charge in [0.15, 0.2) is 0 Å². The number of hydrogen-bond acceptors (Lipinski definition) is 5. The van der Waals surface area contributed by atoms with Crippen LogP contribution in [0, 0.1) is 11.8 Å². The SMILES string of the molecule is COC(=O)C1CCCCN1C(=O)c1sccc1C#CCN. The van der Waals surface area contributed by atoms with E-state index < -0.39 is 6.04 Å². The zero-order valence-electron chi connectivity index (χ0n) is 11.9. The van der Waals surface area contributed by atoms with Crippen molar-refractivity contribution in [3.05, 3.63) is 21.9 Å². The molecule has 1 aromatic heterocycles. The summed E-state index contributed by atoms with van der Waals surface area (Å²) in [6, 6.07) is 1.31. The van der Waals surface area contributed by atoms with E-state index in [9.17, 15) is 9.59 Å². The summed E-state index contributed by atoms with van der Waals surface area (Å²) in [5.74, 6) is 5.15. The molecule has 112 valence electrons. The topological polar surface area (TPSA) is 72.6 Å². The first-order chi connectivity index (χ1) is 10.2.